The van der Waals surface area contributed by atoms with Crippen LogP contribution >= 0.6 is 0 Å². The zero-order chi connectivity index (χ0) is 10.4. The summed E-state index contributed by atoms with van der Waals surface area (Å²) in [4.78, 5) is 0. The number of rotatable bonds is 5. The van der Waals surface area contributed by atoms with E-state index in [0.29, 0.717) is 12.5 Å². The Morgan fingerprint density at radius 2 is 2.07 bits per heavy atom. The standard InChI is InChI=1S/C13H20O/c1-3-5-12(8-9-14)13-7-4-6-11(2)10-13/h4,6-7,10,12,14H,3,5,8-9H2,1-2H3. The van der Waals surface area contributed by atoms with Gasteiger partial charge in [-0.15, -0.1) is 0 Å². The fraction of sp³-hybridized carbons (Fsp3) is 0.538. The van der Waals surface area contributed by atoms with E-state index in [1.807, 2.05) is 0 Å². The van der Waals surface area contributed by atoms with E-state index < -0.39 is 0 Å². The van der Waals surface area contributed by atoms with Gasteiger partial charge in [0.2, 0.25) is 0 Å². The monoisotopic (exact) mass is 192 g/mol. The summed E-state index contributed by atoms with van der Waals surface area (Å²) in [5.74, 6) is 0.532. The summed E-state index contributed by atoms with van der Waals surface area (Å²) in [6.07, 6.45) is 3.24. The SMILES string of the molecule is CCCC(CCO)c1cccc(C)c1. The van der Waals surface area contributed by atoms with Gasteiger partial charge in [-0.05, 0) is 31.2 Å². The predicted octanol–water partition coefficient (Wildman–Crippen LogP) is 3.26. The van der Waals surface area contributed by atoms with Gasteiger partial charge in [-0.25, -0.2) is 0 Å². The molecule has 1 aromatic rings. The Morgan fingerprint density at radius 1 is 1.29 bits per heavy atom. The molecule has 0 radical (unpaired) electrons. The van der Waals surface area contributed by atoms with Gasteiger partial charge >= 0.3 is 0 Å². The van der Waals surface area contributed by atoms with Crippen molar-refractivity contribution >= 4 is 0 Å². The molecule has 14 heavy (non-hydrogen) atoms. The number of hydrogen-bond donors (Lipinski definition) is 1. The van der Waals surface area contributed by atoms with Crippen molar-refractivity contribution in [3.8, 4) is 0 Å². The van der Waals surface area contributed by atoms with Gasteiger partial charge in [0, 0.05) is 6.61 Å². The first-order valence-electron chi connectivity index (χ1n) is 5.45. The van der Waals surface area contributed by atoms with Gasteiger partial charge in [0.05, 0.1) is 0 Å². The van der Waals surface area contributed by atoms with Gasteiger partial charge in [0.1, 0.15) is 0 Å². The van der Waals surface area contributed by atoms with Crippen LogP contribution < -0.4 is 0 Å². The van der Waals surface area contributed by atoms with Crippen molar-refractivity contribution in [1.29, 1.82) is 0 Å². The summed E-state index contributed by atoms with van der Waals surface area (Å²) >= 11 is 0. The zero-order valence-electron chi connectivity index (χ0n) is 9.16. The number of hydrogen-bond acceptors (Lipinski definition) is 1. The van der Waals surface area contributed by atoms with Gasteiger partial charge in [-0.1, -0.05) is 43.2 Å². The molecule has 0 aliphatic carbocycles. The lowest BCUT2D eigenvalue weighted by Gasteiger charge is -2.15. The molecule has 1 unspecified atom stereocenters. The van der Waals surface area contributed by atoms with E-state index in [1.165, 1.54) is 24.0 Å². The maximum absolute atomic E-state index is 8.99. The first kappa shape index (κ1) is 11.3. The largest absolute Gasteiger partial charge is 0.396 e. The van der Waals surface area contributed by atoms with Gasteiger partial charge in [-0.2, -0.15) is 0 Å². The lowest BCUT2D eigenvalue weighted by Crippen LogP contribution is -2.01. The minimum atomic E-state index is 0.290. The number of aryl methyl sites for hydroxylation is 1. The highest BCUT2D eigenvalue weighted by Gasteiger charge is 2.09. The number of benzene rings is 1. The van der Waals surface area contributed by atoms with Crippen molar-refractivity contribution in [2.75, 3.05) is 6.61 Å². The molecule has 1 atom stereocenters. The molecule has 0 aliphatic rings. The van der Waals surface area contributed by atoms with Crippen LogP contribution in [0.5, 0.6) is 0 Å². The Morgan fingerprint density at radius 3 is 2.64 bits per heavy atom. The molecule has 0 fully saturated rings. The van der Waals surface area contributed by atoms with Crippen molar-refractivity contribution in [1.82, 2.24) is 0 Å². The third-order valence-electron chi connectivity index (χ3n) is 2.63. The Bertz CT molecular complexity index is 262. The molecular weight excluding hydrogens is 172 g/mol. The third-order valence-corrected chi connectivity index (χ3v) is 2.63. The molecular formula is C13H20O. The second-order valence-corrected chi connectivity index (χ2v) is 3.91. The molecule has 1 rings (SSSR count). The van der Waals surface area contributed by atoms with E-state index in [1.54, 1.807) is 0 Å². The predicted molar refractivity (Wildman–Crippen MR) is 60.5 cm³/mol. The van der Waals surface area contributed by atoms with Gasteiger partial charge < -0.3 is 5.11 Å². The first-order chi connectivity index (χ1) is 6.77. The Labute approximate surface area is 86.8 Å². The molecule has 0 saturated heterocycles. The number of aliphatic hydroxyl groups excluding tert-OH is 1. The maximum Gasteiger partial charge on any atom is 0.0436 e. The molecule has 78 valence electrons. The Kier molecular flexibility index (Phi) is 4.68. The van der Waals surface area contributed by atoms with Crippen molar-refractivity contribution in [2.24, 2.45) is 0 Å². The van der Waals surface area contributed by atoms with Gasteiger partial charge in [-0.3, -0.25) is 0 Å². The van der Waals surface area contributed by atoms with Crippen molar-refractivity contribution in [3.05, 3.63) is 35.4 Å². The molecule has 1 aromatic carbocycles. The average molecular weight is 192 g/mol. The minimum absolute atomic E-state index is 0.290. The summed E-state index contributed by atoms with van der Waals surface area (Å²) in [6, 6.07) is 8.62. The van der Waals surface area contributed by atoms with E-state index in [0.717, 1.165) is 6.42 Å². The molecule has 0 bridgehead atoms. The molecule has 0 aromatic heterocycles. The summed E-state index contributed by atoms with van der Waals surface area (Å²) in [6.45, 7) is 4.60. The molecule has 0 heterocycles. The van der Waals surface area contributed by atoms with Crippen LogP contribution in [0.3, 0.4) is 0 Å². The topological polar surface area (TPSA) is 20.2 Å². The first-order valence-corrected chi connectivity index (χ1v) is 5.45. The van der Waals surface area contributed by atoms with E-state index >= 15 is 0 Å². The summed E-state index contributed by atoms with van der Waals surface area (Å²) < 4.78 is 0. The lowest BCUT2D eigenvalue weighted by atomic mass is 9.91. The lowest BCUT2D eigenvalue weighted by molar-refractivity contribution is 0.272. The van der Waals surface area contributed by atoms with Crippen LogP contribution in [-0.2, 0) is 0 Å². The number of aliphatic hydroxyl groups is 1. The quantitative estimate of drug-likeness (QED) is 0.759. The molecule has 0 aliphatic heterocycles. The molecule has 0 spiro atoms. The van der Waals surface area contributed by atoms with Crippen LogP contribution in [0.1, 0.15) is 43.2 Å². The fourth-order valence-electron chi connectivity index (χ4n) is 1.91. The van der Waals surface area contributed by atoms with Crippen LogP contribution in [0.4, 0.5) is 0 Å². The average Bonchev–Trinajstić information content (AvgIpc) is 2.17. The highest BCUT2D eigenvalue weighted by atomic mass is 16.3. The van der Waals surface area contributed by atoms with Crippen LogP contribution in [0.25, 0.3) is 0 Å². The van der Waals surface area contributed by atoms with Crippen LogP contribution in [-0.4, -0.2) is 11.7 Å². The highest BCUT2D eigenvalue weighted by molar-refractivity contribution is 5.25. The maximum atomic E-state index is 8.99. The van der Waals surface area contributed by atoms with Crippen LogP contribution in [0, 0.1) is 6.92 Å². The third kappa shape index (κ3) is 3.15. The second-order valence-electron chi connectivity index (χ2n) is 3.91. The molecule has 1 heteroatoms. The summed E-state index contributed by atoms with van der Waals surface area (Å²) in [5, 5.41) is 8.99. The molecule has 0 saturated carbocycles. The van der Waals surface area contributed by atoms with E-state index in [9.17, 15) is 0 Å². The van der Waals surface area contributed by atoms with Gasteiger partial charge in [0.15, 0.2) is 0 Å². The van der Waals surface area contributed by atoms with Crippen molar-refractivity contribution in [3.63, 3.8) is 0 Å². The summed E-state index contributed by atoms with van der Waals surface area (Å²) in [5.41, 5.74) is 2.68. The minimum Gasteiger partial charge on any atom is -0.396 e. The van der Waals surface area contributed by atoms with Gasteiger partial charge in [0.25, 0.3) is 0 Å². The molecule has 1 N–H and O–H groups in total. The zero-order valence-corrected chi connectivity index (χ0v) is 9.16. The Hall–Kier alpha value is -0.820. The fourth-order valence-corrected chi connectivity index (χ4v) is 1.91. The molecule has 0 amide bonds. The molecule has 1 nitrogen and oxygen atoms in total. The van der Waals surface area contributed by atoms with E-state index in [2.05, 4.69) is 38.1 Å². The Balaban J connectivity index is 2.75. The highest BCUT2D eigenvalue weighted by Crippen LogP contribution is 2.25. The summed E-state index contributed by atoms with van der Waals surface area (Å²) in [7, 11) is 0. The normalized spacial score (nSPS) is 12.8. The van der Waals surface area contributed by atoms with E-state index in [-0.39, 0.29) is 0 Å². The van der Waals surface area contributed by atoms with Crippen molar-refractivity contribution < 1.29 is 5.11 Å². The van der Waals surface area contributed by atoms with E-state index in [4.69, 9.17) is 5.11 Å². The van der Waals surface area contributed by atoms with Crippen LogP contribution in [0.15, 0.2) is 24.3 Å². The second kappa shape index (κ2) is 5.82. The van der Waals surface area contributed by atoms with Crippen LogP contribution in [0.2, 0.25) is 0 Å². The van der Waals surface area contributed by atoms with Crippen molar-refractivity contribution in [2.45, 2.75) is 39.0 Å². The smallest absolute Gasteiger partial charge is 0.0436 e.